The number of nitrogens with one attached hydrogen (secondary N) is 1. The van der Waals surface area contributed by atoms with Gasteiger partial charge in [-0.15, -0.1) is 0 Å². The molecule has 6 heteroatoms. The number of rotatable bonds is 8. The maximum atomic E-state index is 12.6. The van der Waals surface area contributed by atoms with Gasteiger partial charge in [0, 0.05) is 48.6 Å². The van der Waals surface area contributed by atoms with Crippen LogP contribution in [0.3, 0.4) is 0 Å². The van der Waals surface area contributed by atoms with Crippen LogP contribution in [-0.4, -0.2) is 57.6 Å². The molecule has 2 amide bonds. The van der Waals surface area contributed by atoms with Gasteiger partial charge in [0.2, 0.25) is 5.91 Å². The zero-order chi connectivity index (χ0) is 22.6. The van der Waals surface area contributed by atoms with Gasteiger partial charge in [-0.25, -0.2) is 0 Å². The fourth-order valence-electron chi connectivity index (χ4n) is 4.22. The van der Waals surface area contributed by atoms with Gasteiger partial charge in [-0.05, 0) is 56.1 Å². The van der Waals surface area contributed by atoms with E-state index in [1.807, 2.05) is 17.0 Å². The van der Waals surface area contributed by atoms with Gasteiger partial charge in [-0.3, -0.25) is 9.59 Å². The van der Waals surface area contributed by atoms with Gasteiger partial charge < -0.3 is 19.9 Å². The van der Waals surface area contributed by atoms with Gasteiger partial charge in [0.05, 0.1) is 7.11 Å². The molecule has 0 radical (unpaired) electrons. The van der Waals surface area contributed by atoms with E-state index in [0.29, 0.717) is 30.8 Å². The number of likely N-dealkylation sites (N-methyl/N-ethyl adjacent to an activating group) is 1. The Morgan fingerprint density at radius 1 is 1.13 bits per heavy atom. The first-order chi connectivity index (χ1) is 14.7. The van der Waals surface area contributed by atoms with Crippen LogP contribution in [0.15, 0.2) is 48.5 Å². The maximum Gasteiger partial charge on any atom is 0.251 e. The number of hydrogen-bond acceptors (Lipinski definition) is 4. The lowest BCUT2D eigenvalue weighted by molar-refractivity contribution is -0.117. The number of anilines is 1. The molecular weight excluding hydrogens is 390 g/mol. The van der Waals surface area contributed by atoms with Crippen LogP contribution in [0.4, 0.5) is 5.69 Å². The van der Waals surface area contributed by atoms with Crippen molar-refractivity contribution in [1.82, 2.24) is 10.2 Å². The minimum atomic E-state index is -0.138. The first-order valence-electron chi connectivity index (χ1n) is 10.7. The summed E-state index contributed by atoms with van der Waals surface area (Å²) >= 11 is 0. The van der Waals surface area contributed by atoms with Crippen molar-refractivity contribution in [3.05, 3.63) is 59.7 Å². The standard InChI is InChI=1S/C25H33N3O3/c1-25(2,17-27(3)4)20-8-10-21(11-9-20)28-16-18(14-23(28)29)15-26-24(30)19-6-12-22(31-5)13-7-19/h6-13,18H,14-17H2,1-5H3,(H,26,30). The first kappa shape index (κ1) is 22.8. The van der Waals surface area contributed by atoms with Crippen molar-refractivity contribution in [2.75, 3.05) is 45.7 Å². The van der Waals surface area contributed by atoms with Crippen LogP contribution < -0.4 is 15.0 Å². The third-order valence-electron chi connectivity index (χ3n) is 5.78. The van der Waals surface area contributed by atoms with E-state index in [-0.39, 0.29) is 23.1 Å². The van der Waals surface area contributed by atoms with E-state index in [1.54, 1.807) is 31.4 Å². The first-order valence-corrected chi connectivity index (χ1v) is 10.7. The number of benzene rings is 2. The molecule has 0 saturated carbocycles. The zero-order valence-corrected chi connectivity index (χ0v) is 19.1. The third-order valence-corrected chi connectivity index (χ3v) is 5.78. The maximum absolute atomic E-state index is 12.6. The SMILES string of the molecule is COc1ccc(C(=O)NCC2CC(=O)N(c3ccc(C(C)(C)CN(C)C)cc3)C2)cc1. The van der Waals surface area contributed by atoms with E-state index in [2.05, 4.69) is 50.3 Å². The van der Waals surface area contributed by atoms with Gasteiger partial charge in [0.15, 0.2) is 0 Å². The summed E-state index contributed by atoms with van der Waals surface area (Å²) < 4.78 is 5.12. The summed E-state index contributed by atoms with van der Waals surface area (Å²) in [7, 11) is 5.75. The summed E-state index contributed by atoms with van der Waals surface area (Å²) in [6.07, 6.45) is 0.441. The van der Waals surface area contributed by atoms with Gasteiger partial charge >= 0.3 is 0 Å². The summed E-state index contributed by atoms with van der Waals surface area (Å²) in [5.41, 5.74) is 2.78. The minimum absolute atomic E-state index is 0.0331. The van der Waals surface area contributed by atoms with Crippen molar-refractivity contribution in [2.24, 2.45) is 5.92 Å². The number of nitrogens with zero attached hydrogens (tertiary/aromatic N) is 2. The highest BCUT2D eigenvalue weighted by atomic mass is 16.5. The molecule has 1 unspecified atom stereocenters. The number of hydrogen-bond donors (Lipinski definition) is 1. The number of amides is 2. The summed E-state index contributed by atoms with van der Waals surface area (Å²) in [5, 5.41) is 2.95. The third kappa shape index (κ3) is 5.64. The van der Waals surface area contributed by atoms with Crippen LogP contribution in [0.1, 0.15) is 36.2 Å². The predicted molar refractivity (Wildman–Crippen MR) is 124 cm³/mol. The molecule has 0 spiro atoms. The van der Waals surface area contributed by atoms with E-state index in [9.17, 15) is 9.59 Å². The van der Waals surface area contributed by atoms with E-state index in [4.69, 9.17) is 4.74 Å². The van der Waals surface area contributed by atoms with Gasteiger partial charge in [0.25, 0.3) is 5.91 Å². The van der Waals surface area contributed by atoms with Gasteiger partial charge in [-0.2, -0.15) is 0 Å². The number of carbonyl (C=O) groups excluding carboxylic acids is 2. The Morgan fingerprint density at radius 3 is 2.35 bits per heavy atom. The predicted octanol–water partition coefficient (Wildman–Crippen LogP) is 3.32. The van der Waals surface area contributed by atoms with Crippen molar-refractivity contribution in [3.63, 3.8) is 0 Å². The normalized spacial score (nSPS) is 16.6. The second-order valence-electron chi connectivity index (χ2n) is 9.18. The summed E-state index contributed by atoms with van der Waals surface area (Å²) in [5.74, 6) is 0.772. The molecule has 3 rings (SSSR count). The van der Waals surface area contributed by atoms with Crippen molar-refractivity contribution < 1.29 is 14.3 Å². The Labute approximate surface area is 185 Å². The Kier molecular flexibility index (Phi) is 7.01. The molecular formula is C25H33N3O3. The average molecular weight is 424 g/mol. The smallest absolute Gasteiger partial charge is 0.251 e. The fraction of sp³-hybridized carbons (Fsp3) is 0.440. The lowest BCUT2D eigenvalue weighted by Crippen LogP contribution is -2.32. The molecule has 1 heterocycles. The minimum Gasteiger partial charge on any atom is -0.497 e. The second-order valence-corrected chi connectivity index (χ2v) is 9.18. The second kappa shape index (κ2) is 9.52. The monoisotopic (exact) mass is 423 g/mol. The van der Waals surface area contributed by atoms with Gasteiger partial charge in [0.1, 0.15) is 5.75 Å². The molecule has 2 aromatic carbocycles. The molecule has 0 aliphatic carbocycles. The van der Waals surface area contributed by atoms with E-state index in [0.717, 1.165) is 12.2 Å². The van der Waals surface area contributed by atoms with Crippen molar-refractivity contribution in [1.29, 1.82) is 0 Å². The highest BCUT2D eigenvalue weighted by Gasteiger charge is 2.31. The van der Waals surface area contributed by atoms with Crippen LogP contribution in [0.5, 0.6) is 5.75 Å². The molecule has 1 saturated heterocycles. The molecule has 1 atom stereocenters. The van der Waals surface area contributed by atoms with E-state index in [1.165, 1.54) is 5.56 Å². The summed E-state index contributed by atoms with van der Waals surface area (Å²) in [6.45, 7) is 6.49. The molecule has 0 aromatic heterocycles. The number of carbonyl (C=O) groups is 2. The summed E-state index contributed by atoms with van der Waals surface area (Å²) in [6, 6.07) is 15.3. The molecule has 1 N–H and O–H groups in total. The Hall–Kier alpha value is -2.86. The number of ether oxygens (including phenoxy) is 1. The highest BCUT2D eigenvalue weighted by molar-refractivity contribution is 5.96. The quantitative estimate of drug-likeness (QED) is 0.708. The molecule has 31 heavy (non-hydrogen) atoms. The summed E-state index contributed by atoms with van der Waals surface area (Å²) in [4.78, 5) is 29.0. The van der Waals surface area contributed by atoms with E-state index < -0.39 is 0 Å². The lowest BCUT2D eigenvalue weighted by Gasteiger charge is -2.29. The fourth-order valence-corrected chi connectivity index (χ4v) is 4.22. The molecule has 1 fully saturated rings. The van der Waals surface area contributed by atoms with Crippen molar-refractivity contribution in [2.45, 2.75) is 25.7 Å². The zero-order valence-electron chi connectivity index (χ0n) is 19.1. The average Bonchev–Trinajstić information content (AvgIpc) is 3.12. The molecule has 2 aromatic rings. The van der Waals surface area contributed by atoms with Crippen molar-refractivity contribution >= 4 is 17.5 Å². The van der Waals surface area contributed by atoms with Crippen molar-refractivity contribution in [3.8, 4) is 5.75 Å². The van der Waals surface area contributed by atoms with Crippen LogP contribution in [0.25, 0.3) is 0 Å². The molecule has 6 nitrogen and oxygen atoms in total. The molecule has 1 aliphatic heterocycles. The number of methoxy groups -OCH3 is 1. The Morgan fingerprint density at radius 2 is 1.77 bits per heavy atom. The van der Waals surface area contributed by atoms with Gasteiger partial charge in [-0.1, -0.05) is 26.0 Å². The Balaban J connectivity index is 1.57. The van der Waals surface area contributed by atoms with Crippen LogP contribution >= 0.6 is 0 Å². The highest BCUT2D eigenvalue weighted by Crippen LogP contribution is 2.29. The Bertz CT molecular complexity index is 905. The van der Waals surface area contributed by atoms with E-state index >= 15 is 0 Å². The lowest BCUT2D eigenvalue weighted by atomic mass is 9.84. The largest absolute Gasteiger partial charge is 0.497 e. The topological polar surface area (TPSA) is 61.9 Å². The molecule has 166 valence electrons. The van der Waals surface area contributed by atoms with Crippen LogP contribution in [0, 0.1) is 5.92 Å². The molecule has 0 bridgehead atoms. The molecule has 1 aliphatic rings. The van der Waals surface area contributed by atoms with Crippen LogP contribution in [0.2, 0.25) is 0 Å². The van der Waals surface area contributed by atoms with Crippen LogP contribution in [-0.2, 0) is 10.2 Å².